The topological polar surface area (TPSA) is 140 Å². The molecule has 0 aliphatic heterocycles. The lowest BCUT2D eigenvalue weighted by Gasteiger charge is -2.27. The Kier molecular flexibility index (Phi) is 6.83. The molecule has 1 aromatic heterocycles. The van der Waals surface area contributed by atoms with Crippen molar-refractivity contribution in [2.24, 2.45) is 0 Å². The van der Waals surface area contributed by atoms with Gasteiger partial charge in [0.25, 0.3) is 5.91 Å². The van der Waals surface area contributed by atoms with E-state index in [1.807, 2.05) is 48.5 Å². The number of carboxylic acids is 1. The van der Waals surface area contributed by atoms with Crippen LogP contribution in [-0.4, -0.2) is 54.1 Å². The molecule has 1 atom stereocenters. The second-order valence-electron chi connectivity index (χ2n) is 8.15. The van der Waals surface area contributed by atoms with Gasteiger partial charge in [-0.25, -0.2) is 9.59 Å². The number of carboxylic acid groups (broad SMARTS) is 1. The minimum Gasteiger partial charge on any atom is -0.479 e. The second-order valence-corrected chi connectivity index (χ2v) is 8.15. The molecule has 182 valence electrons. The van der Waals surface area contributed by atoms with Crippen LogP contribution >= 0.6 is 0 Å². The quantitative estimate of drug-likeness (QED) is 0.423. The first kappa shape index (κ1) is 24.0. The monoisotopic (exact) mass is 479 g/mol. The number of carbonyl (C=O) groups excluding carboxylic acids is 2. The lowest BCUT2D eigenvalue weighted by atomic mass is 9.97. The van der Waals surface area contributed by atoms with E-state index in [-0.39, 0.29) is 37.1 Å². The van der Waals surface area contributed by atoms with Crippen molar-refractivity contribution in [3.63, 3.8) is 0 Å². The van der Waals surface area contributed by atoms with Crippen LogP contribution in [-0.2, 0) is 14.3 Å². The summed E-state index contributed by atoms with van der Waals surface area (Å²) in [5.41, 5.74) is 2.56. The van der Waals surface area contributed by atoms with Gasteiger partial charge >= 0.3 is 12.1 Å². The van der Waals surface area contributed by atoms with E-state index < -0.39 is 23.5 Å². The van der Waals surface area contributed by atoms with E-state index in [0.717, 1.165) is 22.3 Å². The van der Waals surface area contributed by atoms with Gasteiger partial charge in [-0.05, 0) is 28.7 Å². The Hall–Kier alpha value is -4.18. The summed E-state index contributed by atoms with van der Waals surface area (Å²) in [6.45, 7) is 1.49. The average Bonchev–Trinajstić information content (AvgIpc) is 3.45. The first-order valence-electron chi connectivity index (χ1n) is 11.0. The molecule has 1 unspecified atom stereocenters. The summed E-state index contributed by atoms with van der Waals surface area (Å²) >= 11 is 0. The van der Waals surface area contributed by atoms with E-state index >= 15 is 0 Å². The lowest BCUT2D eigenvalue weighted by Crippen LogP contribution is -2.57. The summed E-state index contributed by atoms with van der Waals surface area (Å²) in [4.78, 5) is 36.6. The Balaban J connectivity index is 1.39. The van der Waals surface area contributed by atoms with Crippen LogP contribution in [0.25, 0.3) is 11.1 Å². The highest BCUT2D eigenvalue weighted by atomic mass is 16.6. The molecule has 4 rings (SSSR count). The van der Waals surface area contributed by atoms with Gasteiger partial charge in [-0.2, -0.15) is 0 Å². The predicted molar refractivity (Wildman–Crippen MR) is 125 cm³/mol. The summed E-state index contributed by atoms with van der Waals surface area (Å²) in [7, 11) is 1.34. The van der Waals surface area contributed by atoms with E-state index in [4.69, 9.17) is 14.0 Å². The average molecular weight is 479 g/mol. The Morgan fingerprint density at radius 1 is 1.09 bits per heavy atom. The SMILES string of the molecule is CCC(COC)(NC(=O)c1cc(NC(=O)OCC2c3ccccc3-c3ccccc32)on1)C(=O)O. The number of carbonyl (C=O) groups is 3. The minimum absolute atomic E-state index is 0.0879. The molecule has 0 spiro atoms. The van der Waals surface area contributed by atoms with Gasteiger partial charge in [0.15, 0.2) is 11.2 Å². The summed E-state index contributed by atoms with van der Waals surface area (Å²) in [5.74, 6) is -2.24. The number of hydrogen-bond donors (Lipinski definition) is 3. The van der Waals surface area contributed by atoms with Crippen molar-refractivity contribution >= 4 is 23.9 Å². The minimum atomic E-state index is -1.62. The maximum Gasteiger partial charge on any atom is 0.414 e. The molecule has 0 saturated heterocycles. The van der Waals surface area contributed by atoms with Gasteiger partial charge in [0.1, 0.15) is 6.61 Å². The molecule has 1 aliphatic rings. The third-order valence-corrected chi connectivity index (χ3v) is 6.07. The van der Waals surface area contributed by atoms with Crippen LogP contribution in [0.1, 0.15) is 40.9 Å². The molecule has 10 nitrogen and oxygen atoms in total. The standard InChI is InChI=1S/C25H25N3O7/c1-3-25(14-33-2,23(30)31)27-22(29)20-12-21(35-28-20)26-24(32)34-13-19-17-10-6-4-8-15(17)16-9-5-7-11-18(16)19/h4-12,19H,3,13-14H2,1-2H3,(H,26,32)(H,27,29)(H,30,31). The Morgan fingerprint density at radius 3 is 2.29 bits per heavy atom. The molecule has 3 N–H and O–H groups in total. The number of anilines is 1. The fourth-order valence-corrected chi connectivity index (χ4v) is 4.20. The largest absolute Gasteiger partial charge is 0.479 e. The van der Waals surface area contributed by atoms with E-state index in [1.54, 1.807) is 6.92 Å². The maximum atomic E-state index is 12.5. The molecule has 0 radical (unpaired) electrons. The Morgan fingerprint density at radius 2 is 1.71 bits per heavy atom. The first-order valence-corrected chi connectivity index (χ1v) is 11.0. The zero-order valence-electron chi connectivity index (χ0n) is 19.2. The van der Waals surface area contributed by atoms with Crippen LogP contribution in [0.3, 0.4) is 0 Å². The van der Waals surface area contributed by atoms with Gasteiger partial charge in [0, 0.05) is 19.1 Å². The number of methoxy groups -OCH3 is 1. The fourth-order valence-electron chi connectivity index (χ4n) is 4.20. The zero-order valence-corrected chi connectivity index (χ0v) is 19.2. The molecular weight excluding hydrogens is 454 g/mol. The summed E-state index contributed by atoms with van der Waals surface area (Å²) in [6, 6.07) is 17.1. The van der Waals surface area contributed by atoms with E-state index in [9.17, 15) is 19.5 Å². The molecule has 35 heavy (non-hydrogen) atoms. The van der Waals surface area contributed by atoms with Crippen molar-refractivity contribution < 1.29 is 33.5 Å². The maximum absolute atomic E-state index is 12.5. The summed E-state index contributed by atoms with van der Waals surface area (Å²) in [5, 5.41) is 18.0. The van der Waals surface area contributed by atoms with Gasteiger partial charge in [0.2, 0.25) is 5.88 Å². The van der Waals surface area contributed by atoms with Crippen molar-refractivity contribution in [1.29, 1.82) is 0 Å². The number of amides is 2. The highest BCUT2D eigenvalue weighted by Gasteiger charge is 2.39. The normalized spacial score (nSPS) is 13.9. The molecule has 2 aromatic carbocycles. The molecule has 3 aromatic rings. The smallest absolute Gasteiger partial charge is 0.414 e. The highest BCUT2D eigenvalue weighted by molar-refractivity contribution is 5.97. The summed E-state index contributed by atoms with van der Waals surface area (Å²) < 4.78 is 15.4. The number of benzene rings is 2. The Labute approximate surface area is 201 Å². The Bertz CT molecular complexity index is 1210. The van der Waals surface area contributed by atoms with Gasteiger partial charge in [0.05, 0.1) is 6.61 Å². The number of aromatic nitrogens is 1. The number of rotatable bonds is 9. The number of aliphatic carboxylic acids is 1. The molecule has 10 heteroatoms. The van der Waals surface area contributed by atoms with Crippen LogP contribution < -0.4 is 10.6 Å². The highest BCUT2D eigenvalue weighted by Crippen LogP contribution is 2.44. The van der Waals surface area contributed by atoms with Crippen molar-refractivity contribution in [1.82, 2.24) is 10.5 Å². The summed E-state index contributed by atoms with van der Waals surface area (Å²) in [6.07, 6.45) is -0.687. The number of nitrogens with one attached hydrogen (secondary N) is 2. The van der Waals surface area contributed by atoms with Gasteiger partial charge in [-0.15, -0.1) is 0 Å². The van der Waals surface area contributed by atoms with Crippen LogP contribution in [0.4, 0.5) is 10.7 Å². The molecule has 0 bridgehead atoms. The van der Waals surface area contributed by atoms with Crippen molar-refractivity contribution in [3.05, 3.63) is 71.4 Å². The van der Waals surface area contributed by atoms with Crippen LogP contribution in [0.15, 0.2) is 59.1 Å². The third-order valence-electron chi connectivity index (χ3n) is 6.07. The van der Waals surface area contributed by atoms with Gasteiger partial charge < -0.3 is 24.4 Å². The zero-order chi connectivity index (χ0) is 25.0. The van der Waals surface area contributed by atoms with Crippen LogP contribution in [0.5, 0.6) is 0 Å². The van der Waals surface area contributed by atoms with Crippen molar-refractivity contribution in [2.45, 2.75) is 24.8 Å². The number of hydrogen-bond acceptors (Lipinski definition) is 7. The number of nitrogens with zero attached hydrogens (tertiary/aromatic N) is 1. The van der Waals surface area contributed by atoms with Gasteiger partial charge in [-0.3, -0.25) is 10.1 Å². The van der Waals surface area contributed by atoms with E-state index in [1.165, 1.54) is 13.2 Å². The van der Waals surface area contributed by atoms with Crippen molar-refractivity contribution in [3.8, 4) is 11.1 Å². The molecule has 2 amide bonds. The van der Waals surface area contributed by atoms with Crippen LogP contribution in [0, 0.1) is 0 Å². The number of fused-ring (bicyclic) bond motifs is 3. The van der Waals surface area contributed by atoms with Crippen LogP contribution in [0.2, 0.25) is 0 Å². The molecule has 1 heterocycles. The molecule has 0 saturated carbocycles. The fraction of sp³-hybridized carbons (Fsp3) is 0.280. The third kappa shape index (κ3) is 4.73. The number of ether oxygens (including phenoxy) is 2. The first-order chi connectivity index (χ1) is 16.9. The molecule has 0 fully saturated rings. The van der Waals surface area contributed by atoms with Crippen molar-refractivity contribution in [2.75, 3.05) is 25.6 Å². The van der Waals surface area contributed by atoms with E-state index in [2.05, 4.69) is 15.8 Å². The van der Waals surface area contributed by atoms with E-state index in [0.29, 0.717) is 0 Å². The lowest BCUT2D eigenvalue weighted by molar-refractivity contribution is -0.147. The van der Waals surface area contributed by atoms with Gasteiger partial charge in [-0.1, -0.05) is 60.6 Å². The second kappa shape index (κ2) is 9.98. The molecular formula is C25H25N3O7. The predicted octanol–water partition coefficient (Wildman–Crippen LogP) is 3.65. The molecule has 1 aliphatic carbocycles.